The van der Waals surface area contributed by atoms with E-state index in [1.807, 2.05) is 23.6 Å². The Kier molecular flexibility index (Phi) is 4.65. The number of likely N-dealkylation sites (N-methyl/N-ethyl adjacent to an activating group) is 1. The van der Waals surface area contributed by atoms with Gasteiger partial charge >= 0.3 is 0 Å². The molecule has 0 N–H and O–H groups in total. The van der Waals surface area contributed by atoms with E-state index in [1.165, 1.54) is 5.56 Å². The SMILES string of the molecule is C[C@H](c1nnc(-c2cccs2)o1)N(C)CCc1ccccc1. The van der Waals surface area contributed by atoms with Crippen LogP contribution in [0.5, 0.6) is 0 Å². The third-order valence-corrected chi connectivity index (χ3v) is 4.65. The molecule has 0 aliphatic rings. The summed E-state index contributed by atoms with van der Waals surface area (Å²) in [5.74, 6) is 1.27. The van der Waals surface area contributed by atoms with Gasteiger partial charge in [0.15, 0.2) is 0 Å². The summed E-state index contributed by atoms with van der Waals surface area (Å²) in [5, 5.41) is 10.4. The van der Waals surface area contributed by atoms with Crippen molar-refractivity contribution in [1.29, 1.82) is 0 Å². The van der Waals surface area contributed by atoms with Crippen molar-refractivity contribution in [2.24, 2.45) is 0 Å². The Bertz CT molecular complexity index is 694. The molecule has 3 aromatic rings. The molecule has 22 heavy (non-hydrogen) atoms. The number of hydrogen-bond acceptors (Lipinski definition) is 5. The highest BCUT2D eigenvalue weighted by molar-refractivity contribution is 7.13. The van der Waals surface area contributed by atoms with E-state index in [2.05, 4.69) is 53.3 Å². The Balaban J connectivity index is 1.62. The van der Waals surface area contributed by atoms with Crippen LogP contribution in [-0.4, -0.2) is 28.7 Å². The van der Waals surface area contributed by atoms with E-state index in [-0.39, 0.29) is 6.04 Å². The fourth-order valence-corrected chi connectivity index (χ4v) is 2.88. The van der Waals surface area contributed by atoms with Crippen LogP contribution in [0.25, 0.3) is 10.8 Å². The monoisotopic (exact) mass is 313 g/mol. The molecular weight excluding hydrogens is 294 g/mol. The number of rotatable bonds is 6. The molecular formula is C17H19N3OS. The summed E-state index contributed by atoms with van der Waals surface area (Å²) in [6.45, 7) is 3.04. The molecule has 3 rings (SSSR count). The molecule has 1 atom stereocenters. The zero-order valence-corrected chi connectivity index (χ0v) is 13.6. The Morgan fingerprint density at radius 3 is 2.68 bits per heavy atom. The van der Waals surface area contributed by atoms with Gasteiger partial charge in [-0.05, 0) is 37.4 Å². The number of nitrogens with zero attached hydrogens (tertiary/aromatic N) is 3. The molecule has 0 aliphatic heterocycles. The molecule has 0 fully saturated rings. The van der Waals surface area contributed by atoms with Gasteiger partial charge in [-0.25, -0.2) is 0 Å². The van der Waals surface area contributed by atoms with Gasteiger partial charge in [0.1, 0.15) is 0 Å². The molecule has 0 amide bonds. The summed E-state index contributed by atoms with van der Waals surface area (Å²) < 4.78 is 5.81. The molecule has 1 aromatic carbocycles. The predicted octanol–water partition coefficient (Wildman–Crippen LogP) is 4.03. The van der Waals surface area contributed by atoms with Crippen molar-refractivity contribution in [3.8, 4) is 10.8 Å². The Morgan fingerprint density at radius 2 is 1.95 bits per heavy atom. The summed E-state index contributed by atoms with van der Waals surface area (Å²) in [4.78, 5) is 3.25. The van der Waals surface area contributed by atoms with Crippen LogP contribution in [0.1, 0.15) is 24.4 Å². The topological polar surface area (TPSA) is 42.2 Å². The van der Waals surface area contributed by atoms with Gasteiger partial charge in [0.2, 0.25) is 5.89 Å². The van der Waals surface area contributed by atoms with Gasteiger partial charge < -0.3 is 4.42 Å². The zero-order chi connectivity index (χ0) is 15.4. The van der Waals surface area contributed by atoms with Crippen LogP contribution in [0.15, 0.2) is 52.3 Å². The normalized spacial score (nSPS) is 12.7. The van der Waals surface area contributed by atoms with Gasteiger partial charge in [-0.3, -0.25) is 4.90 Å². The van der Waals surface area contributed by atoms with Gasteiger partial charge in [-0.2, -0.15) is 0 Å². The largest absolute Gasteiger partial charge is 0.418 e. The molecule has 0 unspecified atom stereocenters. The van der Waals surface area contributed by atoms with Gasteiger partial charge in [-0.1, -0.05) is 36.4 Å². The van der Waals surface area contributed by atoms with Crippen LogP contribution in [0.3, 0.4) is 0 Å². The van der Waals surface area contributed by atoms with Crippen molar-refractivity contribution in [1.82, 2.24) is 15.1 Å². The quantitative estimate of drug-likeness (QED) is 0.689. The second kappa shape index (κ2) is 6.85. The highest BCUT2D eigenvalue weighted by Crippen LogP contribution is 2.26. The fraction of sp³-hybridized carbons (Fsp3) is 0.294. The predicted molar refractivity (Wildman–Crippen MR) is 88.8 cm³/mol. The lowest BCUT2D eigenvalue weighted by atomic mass is 10.1. The van der Waals surface area contributed by atoms with Crippen molar-refractivity contribution in [2.75, 3.05) is 13.6 Å². The van der Waals surface area contributed by atoms with Crippen LogP contribution >= 0.6 is 11.3 Å². The summed E-state index contributed by atoms with van der Waals surface area (Å²) in [5.41, 5.74) is 1.34. The first-order valence-electron chi connectivity index (χ1n) is 7.35. The lowest BCUT2D eigenvalue weighted by molar-refractivity contribution is 0.228. The fourth-order valence-electron chi connectivity index (χ4n) is 2.24. The molecule has 0 radical (unpaired) electrons. The molecule has 2 heterocycles. The average Bonchev–Trinajstić information content (AvgIpc) is 3.23. The summed E-state index contributed by atoms with van der Waals surface area (Å²) in [7, 11) is 2.09. The molecule has 0 bridgehead atoms. The number of aromatic nitrogens is 2. The van der Waals surface area contributed by atoms with E-state index in [1.54, 1.807) is 11.3 Å². The maximum Gasteiger partial charge on any atom is 0.257 e. The lowest BCUT2D eigenvalue weighted by Gasteiger charge is -2.21. The van der Waals surface area contributed by atoms with Crippen molar-refractivity contribution >= 4 is 11.3 Å². The molecule has 114 valence electrons. The molecule has 4 nitrogen and oxygen atoms in total. The lowest BCUT2D eigenvalue weighted by Crippen LogP contribution is -2.25. The number of thiophene rings is 1. The molecule has 0 saturated heterocycles. The summed E-state index contributed by atoms with van der Waals surface area (Å²) in [6, 6.07) is 14.6. The Morgan fingerprint density at radius 1 is 1.14 bits per heavy atom. The third-order valence-electron chi connectivity index (χ3n) is 3.79. The summed E-state index contributed by atoms with van der Waals surface area (Å²) >= 11 is 1.61. The van der Waals surface area contributed by atoms with Gasteiger partial charge in [0, 0.05) is 6.54 Å². The summed E-state index contributed by atoms with van der Waals surface area (Å²) in [6.07, 6.45) is 1.01. The van der Waals surface area contributed by atoms with Crippen LogP contribution < -0.4 is 0 Å². The Labute approximate surface area is 134 Å². The highest BCUT2D eigenvalue weighted by atomic mass is 32.1. The highest BCUT2D eigenvalue weighted by Gasteiger charge is 2.19. The van der Waals surface area contributed by atoms with E-state index >= 15 is 0 Å². The van der Waals surface area contributed by atoms with Crippen molar-refractivity contribution in [2.45, 2.75) is 19.4 Å². The first kappa shape index (κ1) is 14.9. The second-order valence-corrected chi connectivity index (χ2v) is 6.26. The van der Waals surface area contributed by atoms with E-state index in [0.29, 0.717) is 11.8 Å². The van der Waals surface area contributed by atoms with Crippen molar-refractivity contribution in [3.63, 3.8) is 0 Å². The maximum absolute atomic E-state index is 5.81. The van der Waals surface area contributed by atoms with Crippen LogP contribution in [0.2, 0.25) is 0 Å². The van der Waals surface area contributed by atoms with E-state index in [9.17, 15) is 0 Å². The second-order valence-electron chi connectivity index (χ2n) is 5.31. The van der Waals surface area contributed by atoms with Crippen LogP contribution in [0.4, 0.5) is 0 Å². The molecule has 0 spiro atoms. The number of benzene rings is 1. The Hall–Kier alpha value is -1.98. The average molecular weight is 313 g/mol. The molecule has 5 heteroatoms. The van der Waals surface area contributed by atoms with Gasteiger partial charge in [0.25, 0.3) is 5.89 Å². The minimum atomic E-state index is 0.102. The third kappa shape index (κ3) is 3.43. The minimum Gasteiger partial charge on any atom is -0.418 e. The maximum atomic E-state index is 5.81. The van der Waals surface area contributed by atoms with Gasteiger partial charge in [-0.15, -0.1) is 21.5 Å². The van der Waals surface area contributed by atoms with E-state index < -0.39 is 0 Å². The molecule has 2 aromatic heterocycles. The van der Waals surface area contributed by atoms with E-state index in [4.69, 9.17) is 4.42 Å². The van der Waals surface area contributed by atoms with Crippen molar-refractivity contribution in [3.05, 3.63) is 59.3 Å². The standard InChI is InChI=1S/C17H19N3OS/c1-13(20(2)11-10-14-7-4-3-5-8-14)16-18-19-17(21-16)15-9-6-12-22-15/h3-9,12-13H,10-11H2,1-2H3/t13-/m1/s1. The minimum absolute atomic E-state index is 0.102. The van der Waals surface area contributed by atoms with Crippen molar-refractivity contribution < 1.29 is 4.42 Å². The molecule has 0 aliphatic carbocycles. The first-order chi connectivity index (χ1) is 10.7. The van der Waals surface area contributed by atoms with E-state index in [0.717, 1.165) is 17.8 Å². The smallest absolute Gasteiger partial charge is 0.257 e. The first-order valence-corrected chi connectivity index (χ1v) is 8.23. The molecule has 0 saturated carbocycles. The van der Waals surface area contributed by atoms with Crippen LogP contribution in [0, 0.1) is 0 Å². The van der Waals surface area contributed by atoms with Gasteiger partial charge in [0.05, 0.1) is 10.9 Å². The number of hydrogen-bond donors (Lipinski definition) is 0. The van der Waals surface area contributed by atoms with Crippen LogP contribution in [-0.2, 0) is 6.42 Å². The zero-order valence-electron chi connectivity index (χ0n) is 12.8.